The molecule has 29 heavy (non-hydrogen) atoms. The van der Waals surface area contributed by atoms with Gasteiger partial charge in [-0.1, -0.05) is 13.0 Å². The molecule has 3 rings (SSSR count). The van der Waals surface area contributed by atoms with E-state index in [1.807, 2.05) is 19.9 Å². The third kappa shape index (κ3) is 4.49. The number of nitrogens with one attached hydrogen (secondary N) is 3. The average molecular weight is 440 g/mol. The van der Waals surface area contributed by atoms with Crippen molar-refractivity contribution in [2.45, 2.75) is 31.2 Å². The molecular weight excluding hydrogens is 418 g/mol. The first-order valence-corrected chi connectivity index (χ1v) is 11.2. The Morgan fingerprint density at radius 3 is 2.62 bits per heavy atom. The SMILES string of the molecule is CC[C@@H](NC1=NS(=O)N=C1Nc1cccc(S(=O)(=O)NC)c1O)c1cc(C)co1. The number of para-hydroxylation sites is 1. The molecule has 0 amide bonds. The van der Waals surface area contributed by atoms with Gasteiger partial charge in [-0.05, 0) is 44.2 Å². The molecule has 1 aliphatic heterocycles. The summed E-state index contributed by atoms with van der Waals surface area (Å²) in [7, 11) is -2.62. The van der Waals surface area contributed by atoms with Crippen LogP contribution in [0.25, 0.3) is 0 Å². The van der Waals surface area contributed by atoms with Crippen LogP contribution in [0.4, 0.5) is 5.69 Å². The van der Waals surface area contributed by atoms with Gasteiger partial charge in [-0.3, -0.25) is 0 Å². The van der Waals surface area contributed by atoms with E-state index < -0.39 is 26.9 Å². The fourth-order valence-electron chi connectivity index (χ4n) is 2.69. The van der Waals surface area contributed by atoms with E-state index in [9.17, 15) is 17.7 Å². The minimum atomic E-state index is -3.86. The molecule has 0 radical (unpaired) electrons. The molecular formula is C17H21N5O5S2. The number of amidine groups is 2. The predicted molar refractivity (Wildman–Crippen MR) is 111 cm³/mol. The number of furan rings is 1. The first-order chi connectivity index (χ1) is 13.7. The maximum absolute atomic E-state index is 12.0. The lowest BCUT2D eigenvalue weighted by molar-refractivity contribution is 0.440. The maximum atomic E-state index is 12.0. The number of phenolic OH excluding ortho intramolecular Hbond substituents is 1. The highest BCUT2D eigenvalue weighted by Crippen LogP contribution is 2.31. The van der Waals surface area contributed by atoms with E-state index in [0.29, 0.717) is 12.2 Å². The van der Waals surface area contributed by atoms with Crippen molar-refractivity contribution >= 4 is 38.6 Å². The minimum absolute atomic E-state index is 0.0790. The van der Waals surface area contributed by atoms with E-state index in [0.717, 1.165) is 5.56 Å². The van der Waals surface area contributed by atoms with Crippen LogP contribution < -0.4 is 15.4 Å². The molecule has 0 fully saturated rings. The van der Waals surface area contributed by atoms with Crippen molar-refractivity contribution in [1.82, 2.24) is 10.0 Å². The molecule has 2 aromatic rings. The van der Waals surface area contributed by atoms with Gasteiger partial charge < -0.3 is 20.2 Å². The van der Waals surface area contributed by atoms with Crippen LogP contribution in [0.5, 0.6) is 5.75 Å². The third-order valence-electron chi connectivity index (χ3n) is 4.19. The van der Waals surface area contributed by atoms with Crippen molar-refractivity contribution in [1.29, 1.82) is 0 Å². The summed E-state index contributed by atoms with van der Waals surface area (Å²) in [4.78, 5) is -0.298. The number of rotatable bonds is 6. The summed E-state index contributed by atoms with van der Waals surface area (Å²) in [6.45, 7) is 3.86. The molecule has 0 spiro atoms. The predicted octanol–water partition coefficient (Wildman–Crippen LogP) is 1.74. The van der Waals surface area contributed by atoms with Gasteiger partial charge in [0.2, 0.25) is 10.0 Å². The Labute approximate surface area is 170 Å². The fraction of sp³-hybridized carbons (Fsp3) is 0.294. The summed E-state index contributed by atoms with van der Waals surface area (Å²) in [5.74, 6) is 0.523. The van der Waals surface area contributed by atoms with E-state index in [4.69, 9.17) is 4.42 Å². The molecule has 0 aliphatic carbocycles. The zero-order chi connectivity index (χ0) is 21.2. The zero-order valence-electron chi connectivity index (χ0n) is 16.0. The topological polar surface area (TPSA) is 145 Å². The van der Waals surface area contributed by atoms with E-state index >= 15 is 0 Å². The molecule has 1 unspecified atom stereocenters. The van der Waals surface area contributed by atoms with Crippen molar-refractivity contribution in [2.75, 3.05) is 12.4 Å². The van der Waals surface area contributed by atoms with Gasteiger partial charge in [-0.25, -0.2) is 17.3 Å². The molecule has 2 atom stereocenters. The van der Waals surface area contributed by atoms with Gasteiger partial charge >= 0.3 is 0 Å². The van der Waals surface area contributed by atoms with Crippen LogP contribution in [-0.4, -0.2) is 36.5 Å². The molecule has 0 saturated heterocycles. The lowest BCUT2D eigenvalue weighted by atomic mass is 10.1. The number of sulfonamides is 1. The van der Waals surface area contributed by atoms with Gasteiger partial charge in [-0.15, -0.1) is 8.80 Å². The highest BCUT2D eigenvalue weighted by atomic mass is 32.2. The molecule has 2 heterocycles. The number of aryl methyl sites for hydroxylation is 1. The number of hydrogen-bond donors (Lipinski definition) is 4. The molecule has 10 nitrogen and oxygen atoms in total. The van der Waals surface area contributed by atoms with Gasteiger partial charge in [0.05, 0.1) is 18.0 Å². The number of nitrogens with zero attached hydrogens (tertiary/aromatic N) is 2. The fourth-order valence-corrected chi connectivity index (χ4v) is 4.16. The summed E-state index contributed by atoms with van der Waals surface area (Å²) < 4.78 is 51.5. The Balaban J connectivity index is 1.86. The smallest absolute Gasteiger partial charge is 0.269 e. The van der Waals surface area contributed by atoms with E-state index in [1.165, 1.54) is 25.2 Å². The second kappa shape index (κ2) is 8.35. The van der Waals surface area contributed by atoms with Crippen LogP contribution in [0, 0.1) is 6.92 Å². The van der Waals surface area contributed by atoms with Gasteiger partial charge in [0.1, 0.15) is 10.7 Å². The Morgan fingerprint density at radius 1 is 1.28 bits per heavy atom. The molecule has 12 heteroatoms. The van der Waals surface area contributed by atoms with Gasteiger partial charge in [0.15, 0.2) is 17.4 Å². The molecule has 1 aromatic carbocycles. The third-order valence-corrected chi connectivity index (χ3v) is 6.31. The van der Waals surface area contributed by atoms with Crippen molar-refractivity contribution in [3.63, 3.8) is 0 Å². The molecule has 156 valence electrons. The quantitative estimate of drug-likeness (QED) is 0.502. The summed E-state index contributed by atoms with van der Waals surface area (Å²) in [6, 6.07) is 5.84. The number of phenols is 1. The van der Waals surface area contributed by atoms with Gasteiger partial charge in [0.25, 0.3) is 11.2 Å². The minimum Gasteiger partial charge on any atom is -0.504 e. The lowest BCUT2D eigenvalue weighted by Gasteiger charge is -2.17. The van der Waals surface area contributed by atoms with Crippen molar-refractivity contribution in [3.05, 3.63) is 41.9 Å². The Hall–Kier alpha value is -2.70. The first kappa shape index (κ1) is 21.0. The molecule has 1 aliphatic rings. The molecule has 0 bridgehead atoms. The number of aromatic hydroxyl groups is 1. The number of benzene rings is 1. The largest absolute Gasteiger partial charge is 0.504 e. The second-order valence-corrected chi connectivity index (χ2v) is 8.91. The molecule has 0 saturated carbocycles. The monoisotopic (exact) mass is 439 g/mol. The molecule has 4 N–H and O–H groups in total. The summed E-state index contributed by atoms with van der Waals surface area (Å²) in [5, 5.41) is 16.3. The van der Waals surface area contributed by atoms with Gasteiger partial charge in [0, 0.05) is 0 Å². The van der Waals surface area contributed by atoms with Crippen molar-refractivity contribution in [3.8, 4) is 5.75 Å². The van der Waals surface area contributed by atoms with Crippen LogP contribution in [0.1, 0.15) is 30.7 Å². The van der Waals surface area contributed by atoms with Crippen LogP contribution in [0.15, 0.2) is 48.6 Å². The average Bonchev–Trinajstić information content (AvgIpc) is 3.26. The van der Waals surface area contributed by atoms with Crippen LogP contribution in [0.2, 0.25) is 0 Å². The van der Waals surface area contributed by atoms with E-state index in [2.05, 4.69) is 24.2 Å². The lowest BCUT2D eigenvalue weighted by Crippen LogP contribution is -2.36. The Bertz CT molecular complexity index is 1110. The zero-order valence-corrected chi connectivity index (χ0v) is 17.6. The summed E-state index contributed by atoms with van der Waals surface area (Å²) in [6.07, 6.45) is 2.29. The number of anilines is 1. The summed E-state index contributed by atoms with van der Waals surface area (Å²) in [5.41, 5.74) is 1.05. The summed E-state index contributed by atoms with van der Waals surface area (Å²) >= 11 is -1.85. The van der Waals surface area contributed by atoms with Crippen LogP contribution in [0.3, 0.4) is 0 Å². The van der Waals surface area contributed by atoms with Crippen molar-refractivity contribution < 1.29 is 22.2 Å². The Kier molecular flexibility index (Phi) is 6.05. The Morgan fingerprint density at radius 2 is 2.00 bits per heavy atom. The van der Waals surface area contributed by atoms with Gasteiger partial charge in [-0.2, -0.15) is 0 Å². The van der Waals surface area contributed by atoms with Crippen molar-refractivity contribution in [2.24, 2.45) is 8.80 Å². The molecule has 1 aromatic heterocycles. The maximum Gasteiger partial charge on any atom is 0.269 e. The standard InChI is InChI=1S/C17H21N5O5S2/c1-4-11(13-8-10(2)9-27-13)19-16-17(22-28(24)21-16)20-12-6-5-7-14(15(12)23)29(25,26)18-3/h5-9,11,18,23H,4H2,1-3H3,(H,19,21)(H,20,22)/t11-,28?/m1/s1. The first-order valence-electron chi connectivity index (χ1n) is 8.69. The number of hydrogen-bond acceptors (Lipinski definition) is 7. The highest BCUT2D eigenvalue weighted by molar-refractivity contribution is 7.89. The van der Waals surface area contributed by atoms with E-state index in [-0.39, 0.29) is 28.3 Å². The normalized spacial score (nSPS) is 17.6. The highest BCUT2D eigenvalue weighted by Gasteiger charge is 2.26. The van der Waals surface area contributed by atoms with Crippen LogP contribution >= 0.6 is 0 Å². The van der Waals surface area contributed by atoms with Crippen LogP contribution in [-0.2, 0) is 21.2 Å². The van der Waals surface area contributed by atoms with E-state index in [1.54, 1.807) is 6.26 Å². The second-order valence-electron chi connectivity index (χ2n) is 6.23.